The van der Waals surface area contributed by atoms with E-state index in [0.29, 0.717) is 34.1 Å². The maximum absolute atomic E-state index is 14.2. The maximum Gasteiger partial charge on any atom is 0.435 e. The van der Waals surface area contributed by atoms with Crippen LogP contribution in [0.4, 0.5) is 35.1 Å². The number of hydrogen-bond acceptors (Lipinski definition) is 2. The average molecular weight is 452 g/mol. The van der Waals surface area contributed by atoms with Crippen LogP contribution in [0, 0.1) is 18.6 Å². The van der Waals surface area contributed by atoms with Gasteiger partial charge >= 0.3 is 12.4 Å². The second-order valence-corrected chi connectivity index (χ2v) is 7.32. The molecule has 0 N–H and O–H groups in total. The van der Waals surface area contributed by atoms with Gasteiger partial charge in [-0.2, -0.15) is 31.4 Å². The molecular weight excluding hydrogens is 440 g/mol. The zero-order valence-corrected chi connectivity index (χ0v) is 15.9. The zero-order chi connectivity index (χ0) is 22.3. The Morgan fingerprint density at radius 1 is 0.933 bits per heavy atom. The Balaban J connectivity index is 2.14. The van der Waals surface area contributed by atoms with E-state index in [2.05, 4.69) is 5.10 Å². The van der Waals surface area contributed by atoms with Crippen molar-refractivity contribution in [2.45, 2.75) is 24.2 Å². The molecule has 0 aliphatic heterocycles. The van der Waals surface area contributed by atoms with E-state index >= 15 is 0 Å². The average Bonchev–Trinajstić information content (AvgIpc) is 3.06. The van der Waals surface area contributed by atoms with Crippen LogP contribution in [0.3, 0.4) is 0 Å². The Bertz CT molecular complexity index is 1070. The SMILES string of the molecule is Cc1ccc(-c2cc(C(F)(F)F)nn2-c2ccc(F)cc2F)cc1SCC(F)(F)F. The van der Waals surface area contributed by atoms with Crippen LogP contribution in [-0.2, 0) is 6.18 Å². The summed E-state index contributed by atoms with van der Waals surface area (Å²) in [6.07, 6.45) is -9.29. The normalized spacial score (nSPS) is 12.4. The quantitative estimate of drug-likeness (QED) is 0.320. The van der Waals surface area contributed by atoms with E-state index < -0.39 is 41.1 Å². The van der Waals surface area contributed by atoms with E-state index in [0.717, 1.165) is 12.1 Å². The van der Waals surface area contributed by atoms with Gasteiger partial charge in [-0.3, -0.25) is 0 Å². The van der Waals surface area contributed by atoms with E-state index in [9.17, 15) is 35.1 Å². The fraction of sp³-hybridized carbons (Fsp3) is 0.211. The van der Waals surface area contributed by atoms with Crippen LogP contribution in [-0.4, -0.2) is 21.7 Å². The third-order valence-corrected chi connectivity index (χ3v) is 5.24. The molecule has 2 nitrogen and oxygen atoms in total. The summed E-state index contributed by atoms with van der Waals surface area (Å²) in [5.41, 5.74) is -1.39. The predicted molar refractivity (Wildman–Crippen MR) is 95.4 cm³/mol. The number of aromatic nitrogens is 2. The molecule has 0 fully saturated rings. The summed E-state index contributed by atoms with van der Waals surface area (Å²) in [6, 6.07) is 7.05. The molecule has 3 rings (SSSR count). The molecule has 0 saturated heterocycles. The van der Waals surface area contributed by atoms with Gasteiger partial charge in [0.1, 0.15) is 11.5 Å². The van der Waals surface area contributed by atoms with E-state index in [-0.39, 0.29) is 16.2 Å². The third-order valence-electron chi connectivity index (χ3n) is 4.01. The topological polar surface area (TPSA) is 17.8 Å². The van der Waals surface area contributed by atoms with Crippen LogP contribution in [0.15, 0.2) is 47.4 Å². The molecule has 30 heavy (non-hydrogen) atoms. The summed E-state index contributed by atoms with van der Waals surface area (Å²) in [5, 5.41) is 3.40. The van der Waals surface area contributed by atoms with Gasteiger partial charge in [0.2, 0.25) is 0 Å². The third kappa shape index (κ3) is 4.94. The number of rotatable bonds is 4. The number of benzene rings is 2. The van der Waals surface area contributed by atoms with Crippen molar-refractivity contribution in [1.82, 2.24) is 9.78 Å². The van der Waals surface area contributed by atoms with Gasteiger partial charge in [0.15, 0.2) is 11.5 Å². The Morgan fingerprint density at radius 3 is 2.23 bits per heavy atom. The molecule has 0 bridgehead atoms. The molecule has 0 aliphatic carbocycles. The van der Waals surface area contributed by atoms with Gasteiger partial charge in [0.25, 0.3) is 0 Å². The minimum Gasteiger partial charge on any atom is -0.230 e. The van der Waals surface area contributed by atoms with Crippen molar-refractivity contribution >= 4 is 11.8 Å². The van der Waals surface area contributed by atoms with Crippen molar-refractivity contribution in [3.05, 3.63) is 65.4 Å². The molecule has 3 aromatic rings. The summed E-state index contributed by atoms with van der Waals surface area (Å²) < 4.78 is 105. The van der Waals surface area contributed by atoms with E-state index in [4.69, 9.17) is 0 Å². The van der Waals surface area contributed by atoms with Crippen molar-refractivity contribution in [2.24, 2.45) is 0 Å². The van der Waals surface area contributed by atoms with Crippen LogP contribution in [0.5, 0.6) is 0 Å². The predicted octanol–water partition coefficient (Wildman–Crippen LogP) is 6.80. The largest absolute Gasteiger partial charge is 0.435 e. The Kier molecular flexibility index (Phi) is 5.85. The van der Waals surface area contributed by atoms with E-state index in [1.54, 1.807) is 6.92 Å². The number of thioether (sulfide) groups is 1. The highest BCUT2D eigenvalue weighted by Crippen LogP contribution is 2.36. The van der Waals surface area contributed by atoms with Crippen LogP contribution >= 0.6 is 11.8 Å². The molecule has 0 atom stereocenters. The molecule has 0 aliphatic rings. The minimum atomic E-state index is -4.85. The fourth-order valence-electron chi connectivity index (χ4n) is 2.64. The Morgan fingerprint density at radius 2 is 1.63 bits per heavy atom. The summed E-state index contributed by atoms with van der Waals surface area (Å²) >= 11 is 0.481. The first-order chi connectivity index (χ1) is 13.8. The standard InChI is InChI=1S/C19H12F8N2S/c1-10-2-3-11(6-16(10)30-9-18(22,23)24)15-8-17(19(25,26)27)28-29(15)14-5-4-12(20)7-13(14)21/h2-8H,9H2,1H3. The second kappa shape index (κ2) is 7.93. The lowest BCUT2D eigenvalue weighted by Crippen LogP contribution is -2.10. The van der Waals surface area contributed by atoms with Gasteiger partial charge in [-0.05, 0) is 36.8 Å². The maximum atomic E-state index is 14.2. The number of nitrogens with zero attached hydrogens (tertiary/aromatic N) is 2. The molecule has 1 heterocycles. The molecule has 0 amide bonds. The van der Waals surface area contributed by atoms with Gasteiger partial charge in [-0.25, -0.2) is 13.5 Å². The van der Waals surface area contributed by atoms with E-state index in [1.807, 2.05) is 0 Å². The second-order valence-electron chi connectivity index (χ2n) is 6.30. The summed E-state index contributed by atoms with van der Waals surface area (Å²) in [7, 11) is 0. The highest BCUT2D eigenvalue weighted by Gasteiger charge is 2.35. The molecule has 11 heteroatoms. The first-order valence-electron chi connectivity index (χ1n) is 8.28. The van der Waals surface area contributed by atoms with Gasteiger partial charge in [-0.15, -0.1) is 11.8 Å². The first kappa shape index (κ1) is 22.1. The van der Waals surface area contributed by atoms with Crippen LogP contribution in [0.1, 0.15) is 11.3 Å². The molecule has 0 radical (unpaired) electrons. The zero-order valence-electron chi connectivity index (χ0n) is 15.1. The minimum absolute atomic E-state index is 0.0944. The van der Waals surface area contributed by atoms with Crippen molar-refractivity contribution in [2.75, 3.05) is 5.75 Å². The van der Waals surface area contributed by atoms with Crippen molar-refractivity contribution in [1.29, 1.82) is 0 Å². The van der Waals surface area contributed by atoms with Crippen LogP contribution in [0.2, 0.25) is 0 Å². The number of alkyl halides is 6. The van der Waals surface area contributed by atoms with E-state index in [1.165, 1.54) is 18.2 Å². The molecular formula is C19H12F8N2S. The van der Waals surface area contributed by atoms with Crippen LogP contribution < -0.4 is 0 Å². The number of hydrogen-bond donors (Lipinski definition) is 0. The van der Waals surface area contributed by atoms with Gasteiger partial charge in [0, 0.05) is 16.5 Å². The number of halogens is 8. The lowest BCUT2D eigenvalue weighted by atomic mass is 10.1. The molecule has 0 saturated carbocycles. The van der Waals surface area contributed by atoms with Gasteiger partial charge < -0.3 is 0 Å². The highest BCUT2D eigenvalue weighted by atomic mass is 32.2. The van der Waals surface area contributed by atoms with Crippen molar-refractivity contribution in [3.63, 3.8) is 0 Å². The molecule has 0 spiro atoms. The molecule has 2 aromatic carbocycles. The Hall–Kier alpha value is -2.56. The Labute approximate surface area is 169 Å². The monoisotopic (exact) mass is 452 g/mol. The van der Waals surface area contributed by atoms with Crippen LogP contribution in [0.25, 0.3) is 16.9 Å². The summed E-state index contributed by atoms with van der Waals surface area (Å²) in [6.45, 7) is 1.56. The molecule has 1 aromatic heterocycles. The fourth-order valence-corrected chi connectivity index (χ4v) is 3.46. The molecule has 0 unspecified atom stereocenters. The lowest BCUT2D eigenvalue weighted by Gasteiger charge is -2.12. The molecule has 160 valence electrons. The highest BCUT2D eigenvalue weighted by molar-refractivity contribution is 7.99. The summed E-state index contributed by atoms with van der Waals surface area (Å²) in [4.78, 5) is 0.200. The first-order valence-corrected chi connectivity index (χ1v) is 9.27. The van der Waals surface area contributed by atoms with Crippen molar-refractivity contribution < 1.29 is 35.1 Å². The lowest BCUT2D eigenvalue weighted by molar-refractivity contribution is -0.141. The van der Waals surface area contributed by atoms with Gasteiger partial charge in [-0.1, -0.05) is 12.1 Å². The number of aryl methyl sites for hydroxylation is 1. The van der Waals surface area contributed by atoms with Crippen molar-refractivity contribution in [3.8, 4) is 16.9 Å². The van der Waals surface area contributed by atoms with Gasteiger partial charge in [0.05, 0.1) is 11.4 Å². The smallest absolute Gasteiger partial charge is 0.230 e. The summed E-state index contributed by atoms with van der Waals surface area (Å²) in [5.74, 6) is -3.26.